The Morgan fingerprint density at radius 2 is 1.81 bits per heavy atom. The summed E-state index contributed by atoms with van der Waals surface area (Å²) in [4.78, 5) is 5.97. The van der Waals surface area contributed by atoms with Crippen LogP contribution < -0.4 is 10.1 Å². The van der Waals surface area contributed by atoms with Crippen LogP contribution in [0, 0.1) is 0 Å². The number of nitrogens with one attached hydrogen (secondary N) is 1. The van der Waals surface area contributed by atoms with E-state index in [-0.39, 0.29) is 15.8 Å². The van der Waals surface area contributed by atoms with E-state index in [4.69, 9.17) is 28.6 Å². The number of hydrogen-bond donors (Lipinski definition) is 1. The number of hydrogen-bond acceptors (Lipinski definition) is 3. The van der Waals surface area contributed by atoms with Crippen LogP contribution in [0.2, 0.25) is 5.02 Å². The predicted octanol–water partition coefficient (Wildman–Crippen LogP) is 6.55. The number of alkyl halides is 3. The van der Waals surface area contributed by atoms with Crippen LogP contribution in [0.15, 0.2) is 67.0 Å². The van der Waals surface area contributed by atoms with Gasteiger partial charge in [0.1, 0.15) is 5.75 Å². The second-order valence-corrected chi connectivity index (χ2v) is 7.71. The van der Waals surface area contributed by atoms with Gasteiger partial charge in [-0.1, -0.05) is 29.8 Å². The van der Waals surface area contributed by atoms with Gasteiger partial charge in [0.15, 0.2) is 5.11 Å². The fourth-order valence-electron chi connectivity index (χ4n) is 3.01. The highest BCUT2D eigenvalue weighted by Crippen LogP contribution is 2.36. The molecule has 0 unspecified atom stereocenters. The predicted molar refractivity (Wildman–Crippen MR) is 124 cm³/mol. The molecular formula is C23H21ClF3N3OS. The summed E-state index contributed by atoms with van der Waals surface area (Å²) in [6.07, 6.45) is -1.17. The van der Waals surface area contributed by atoms with Crippen LogP contribution in [-0.4, -0.2) is 21.6 Å². The molecule has 0 aliphatic heterocycles. The number of aromatic nitrogens is 1. The molecule has 0 radical (unpaired) electrons. The number of thiocarbonyl (C=S) groups is 1. The van der Waals surface area contributed by atoms with Gasteiger partial charge in [0, 0.05) is 31.2 Å². The summed E-state index contributed by atoms with van der Waals surface area (Å²) in [6, 6.07) is 14.9. The van der Waals surface area contributed by atoms with Gasteiger partial charge in [0.05, 0.1) is 17.2 Å². The molecule has 3 rings (SSSR count). The monoisotopic (exact) mass is 479 g/mol. The molecule has 2 aromatic carbocycles. The lowest BCUT2D eigenvalue weighted by molar-refractivity contribution is -0.137. The molecule has 9 heteroatoms. The quantitative estimate of drug-likeness (QED) is 0.389. The maximum absolute atomic E-state index is 13.2. The van der Waals surface area contributed by atoms with Crippen molar-refractivity contribution in [2.24, 2.45) is 0 Å². The van der Waals surface area contributed by atoms with Crippen molar-refractivity contribution in [2.75, 3.05) is 11.9 Å². The third-order valence-electron chi connectivity index (χ3n) is 4.51. The lowest BCUT2D eigenvalue weighted by Crippen LogP contribution is -2.34. The molecule has 1 heterocycles. The van der Waals surface area contributed by atoms with Crippen LogP contribution in [0.4, 0.5) is 18.9 Å². The molecule has 4 nitrogen and oxygen atoms in total. The van der Waals surface area contributed by atoms with E-state index in [0.717, 1.165) is 22.9 Å². The van der Waals surface area contributed by atoms with Gasteiger partial charge in [0.25, 0.3) is 0 Å². The number of pyridine rings is 1. The van der Waals surface area contributed by atoms with E-state index in [2.05, 4.69) is 10.3 Å². The van der Waals surface area contributed by atoms with Crippen LogP contribution in [0.3, 0.4) is 0 Å². The molecule has 0 spiro atoms. The molecular weight excluding hydrogens is 459 g/mol. The van der Waals surface area contributed by atoms with Crippen molar-refractivity contribution in [2.45, 2.75) is 26.2 Å². The first-order chi connectivity index (χ1) is 15.3. The molecule has 0 fully saturated rings. The molecule has 0 aliphatic rings. The van der Waals surface area contributed by atoms with Crippen molar-refractivity contribution in [3.8, 4) is 5.75 Å². The Morgan fingerprint density at radius 1 is 1.09 bits per heavy atom. The molecule has 1 aromatic heterocycles. The highest BCUT2D eigenvalue weighted by atomic mass is 35.5. The first kappa shape index (κ1) is 23.8. The van der Waals surface area contributed by atoms with Crippen molar-refractivity contribution in [3.05, 3.63) is 88.7 Å². The molecule has 3 aromatic rings. The first-order valence-electron chi connectivity index (χ1n) is 9.79. The fraction of sp³-hybridized carbons (Fsp3) is 0.217. The van der Waals surface area contributed by atoms with Crippen molar-refractivity contribution in [1.82, 2.24) is 9.88 Å². The number of rotatable bonds is 7. The minimum Gasteiger partial charge on any atom is -0.494 e. The zero-order chi connectivity index (χ0) is 23.1. The van der Waals surface area contributed by atoms with E-state index in [1.54, 1.807) is 12.4 Å². The van der Waals surface area contributed by atoms with Gasteiger partial charge in [-0.3, -0.25) is 4.98 Å². The van der Waals surface area contributed by atoms with Gasteiger partial charge < -0.3 is 15.0 Å². The van der Waals surface area contributed by atoms with Gasteiger partial charge >= 0.3 is 6.18 Å². The number of benzene rings is 2. The van der Waals surface area contributed by atoms with Crippen molar-refractivity contribution in [3.63, 3.8) is 0 Å². The Labute approximate surface area is 195 Å². The maximum Gasteiger partial charge on any atom is 0.417 e. The number of nitrogens with zero attached hydrogens (tertiary/aromatic N) is 2. The van der Waals surface area contributed by atoms with E-state index < -0.39 is 11.7 Å². The number of ether oxygens (including phenoxy) is 1. The van der Waals surface area contributed by atoms with Gasteiger partial charge in [-0.25, -0.2) is 0 Å². The summed E-state index contributed by atoms with van der Waals surface area (Å²) in [5.41, 5.74) is 1.16. The van der Waals surface area contributed by atoms with E-state index in [9.17, 15) is 13.2 Å². The summed E-state index contributed by atoms with van der Waals surface area (Å²) in [6.45, 7) is 3.34. The van der Waals surface area contributed by atoms with Crippen LogP contribution in [0.5, 0.6) is 5.75 Å². The molecule has 0 saturated heterocycles. The largest absolute Gasteiger partial charge is 0.494 e. The standard InChI is InChI=1S/C23H21ClF3N3OS/c1-2-31-19-8-5-16(6-9-19)14-30(15-17-4-3-11-28-13-17)22(32)29-18-7-10-21(24)20(12-18)23(25,26)27/h3-13H,2,14-15H2,1H3,(H,29,32). The Morgan fingerprint density at radius 3 is 2.44 bits per heavy atom. The zero-order valence-electron chi connectivity index (χ0n) is 17.2. The van der Waals surface area contributed by atoms with Crippen LogP contribution >= 0.6 is 23.8 Å². The third kappa shape index (κ3) is 6.58. The molecule has 168 valence electrons. The second-order valence-electron chi connectivity index (χ2n) is 6.92. The highest BCUT2D eigenvalue weighted by molar-refractivity contribution is 7.80. The maximum atomic E-state index is 13.2. The van der Waals surface area contributed by atoms with Gasteiger partial charge in [-0.2, -0.15) is 13.2 Å². The van der Waals surface area contributed by atoms with Gasteiger partial charge in [0.2, 0.25) is 0 Å². The Hall–Kier alpha value is -2.84. The van der Waals surface area contributed by atoms with Gasteiger partial charge in [-0.05, 0) is 66.7 Å². The van der Waals surface area contributed by atoms with Crippen molar-refractivity contribution < 1.29 is 17.9 Å². The average molecular weight is 480 g/mol. The minimum atomic E-state index is -4.56. The molecule has 0 aliphatic carbocycles. The summed E-state index contributed by atoms with van der Waals surface area (Å²) >= 11 is 11.3. The Bertz CT molecular complexity index is 1050. The van der Waals surface area contributed by atoms with Crippen LogP contribution in [0.1, 0.15) is 23.6 Å². The van der Waals surface area contributed by atoms with E-state index in [0.29, 0.717) is 19.7 Å². The van der Waals surface area contributed by atoms with E-state index >= 15 is 0 Å². The number of halogens is 4. The normalized spacial score (nSPS) is 11.2. The van der Waals surface area contributed by atoms with Gasteiger partial charge in [-0.15, -0.1) is 0 Å². The molecule has 0 atom stereocenters. The first-order valence-corrected chi connectivity index (χ1v) is 10.6. The number of anilines is 1. The average Bonchev–Trinajstić information content (AvgIpc) is 2.76. The fourth-order valence-corrected chi connectivity index (χ4v) is 3.48. The SMILES string of the molecule is CCOc1ccc(CN(Cc2cccnc2)C(=S)Nc2ccc(Cl)c(C(F)(F)F)c2)cc1. The smallest absolute Gasteiger partial charge is 0.417 e. The lowest BCUT2D eigenvalue weighted by atomic mass is 10.2. The molecule has 1 N–H and O–H groups in total. The molecule has 0 bridgehead atoms. The molecule has 32 heavy (non-hydrogen) atoms. The minimum absolute atomic E-state index is 0.203. The van der Waals surface area contributed by atoms with E-state index in [1.165, 1.54) is 12.1 Å². The Balaban J connectivity index is 1.81. The zero-order valence-corrected chi connectivity index (χ0v) is 18.8. The highest BCUT2D eigenvalue weighted by Gasteiger charge is 2.33. The third-order valence-corrected chi connectivity index (χ3v) is 5.20. The Kier molecular flexibility index (Phi) is 7.93. The van der Waals surface area contributed by atoms with Crippen LogP contribution in [-0.2, 0) is 19.3 Å². The summed E-state index contributed by atoms with van der Waals surface area (Å²) in [5.74, 6) is 0.761. The summed E-state index contributed by atoms with van der Waals surface area (Å²) < 4.78 is 45.1. The molecule has 0 amide bonds. The second kappa shape index (κ2) is 10.7. The van der Waals surface area contributed by atoms with Crippen LogP contribution in [0.25, 0.3) is 0 Å². The van der Waals surface area contributed by atoms with Crippen molar-refractivity contribution >= 4 is 34.6 Å². The van der Waals surface area contributed by atoms with E-state index in [1.807, 2.05) is 48.2 Å². The molecule has 0 saturated carbocycles. The van der Waals surface area contributed by atoms with Crippen molar-refractivity contribution in [1.29, 1.82) is 0 Å². The topological polar surface area (TPSA) is 37.4 Å². The lowest BCUT2D eigenvalue weighted by Gasteiger charge is -2.26. The summed E-state index contributed by atoms with van der Waals surface area (Å²) in [5, 5.41) is 2.82. The summed E-state index contributed by atoms with van der Waals surface area (Å²) in [7, 11) is 0.